The van der Waals surface area contributed by atoms with E-state index in [9.17, 15) is 4.79 Å². The molecule has 3 fully saturated rings. The second kappa shape index (κ2) is 6.79. The SMILES string of the molecule is O=C(C1C2CCCCC21)N(Cc1ccc2c(c1)OCO2)C1CCCCC1. The van der Waals surface area contributed by atoms with Crippen LogP contribution in [-0.2, 0) is 11.3 Å². The van der Waals surface area contributed by atoms with Gasteiger partial charge in [-0.3, -0.25) is 4.79 Å². The van der Waals surface area contributed by atoms with Gasteiger partial charge in [0.1, 0.15) is 0 Å². The van der Waals surface area contributed by atoms with E-state index in [-0.39, 0.29) is 0 Å². The van der Waals surface area contributed by atoms with Crippen molar-refractivity contribution in [2.45, 2.75) is 70.4 Å². The number of nitrogens with zero attached hydrogens (tertiary/aromatic N) is 1. The van der Waals surface area contributed by atoms with Crippen LogP contribution in [0.1, 0.15) is 63.4 Å². The highest BCUT2D eigenvalue weighted by molar-refractivity contribution is 5.82. The number of rotatable bonds is 4. The molecule has 3 aliphatic carbocycles. The Morgan fingerprint density at radius 2 is 1.62 bits per heavy atom. The molecule has 0 bridgehead atoms. The fraction of sp³-hybridized carbons (Fsp3) is 0.682. The molecule has 1 aromatic rings. The highest BCUT2D eigenvalue weighted by Gasteiger charge is 2.56. The zero-order valence-electron chi connectivity index (χ0n) is 15.5. The number of hydrogen-bond donors (Lipinski definition) is 0. The molecule has 1 aliphatic heterocycles. The fourth-order valence-electron chi connectivity index (χ4n) is 5.57. The molecule has 26 heavy (non-hydrogen) atoms. The van der Waals surface area contributed by atoms with Gasteiger partial charge in [-0.25, -0.2) is 0 Å². The Morgan fingerprint density at radius 1 is 0.923 bits per heavy atom. The van der Waals surface area contributed by atoms with Crippen LogP contribution in [0.4, 0.5) is 0 Å². The number of hydrogen-bond acceptors (Lipinski definition) is 3. The van der Waals surface area contributed by atoms with Gasteiger partial charge in [0.15, 0.2) is 11.5 Å². The summed E-state index contributed by atoms with van der Waals surface area (Å²) in [6, 6.07) is 6.56. The molecular formula is C22H29NO3. The van der Waals surface area contributed by atoms with Crippen LogP contribution in [0.25, 0.3) is 0 Å². The summed E-state index contributed by atoms with van der Waals surface area (Å²) in [5.74, 6) is 3.74. The van der Waals surface area contributed by atoms with E-state index in [1.807, 2.05) is 6.07 Å². The van der Waals surface area contributed by atoms with E-state index in [0.29, 0.717) is 36.5 Å². The molecule has 2 unspecified atom stereocenters. The Kier molecular flexibility index (Phi) is 4.30. The number of benzene rings is 1. The lowest BCUT2D eigenvalue weighted by molar-refractivity contribution is -0.137. The van der Waals surface area contributed by atoms with Crippen molar-refractivity contribution in [3.8, 4) is 11.5 Å². The lowest BCUT2D eigenvalue weighted by Gasteiger charge is -2.35. The predicted molar refractivity (Wildman–Crippen MR) is 98.9 cm³/mol. The Bertz CT molecular complexity index is 670. The van der Waals surface area contributed by atoms with Crippen molar-refractivity contribution in [3.63, 3.8) is 0 Å². The van der Waals surface area contributed by atoms with Crippen molar-refractivity contribution < 1.29 is 14.3 Å². The number of carbonyl (C=O) groups is 1. The molecule has 0 saturated heterocycles. The van der Waals surface area contributed by atoms with Gasteiger partial charge in [0, 0.05) is 18.5 Å². The smallest absolute Gasteiger partial charge is 0.231 e. The van der Waals surface area contributed by atoms with Crippen LogP contribution in [0.15, 0.2) is 18.2 Å². The van der Waals surface area contributed by atoms with Crippen molar-refractivity contribution in [1.82, 2.24) is 4.90 Å². The molecule has 0 spiro atoms. The lowest BCUT2D eigenvalue weighted by Crippen LogP contribution is -2.42. The summed E-state index contributed by atoms with van der Waals surface area (Å²) in [6.07, 6.45) is 11.3. The van der Waals surface area contributed by atoms with Crippen molar-refractivity contribution in [2.75, 3.05) is 6.79 Å². The summed E-state index contributed by atoms with van der Waals surface area (Å²) < 4.78 is 11.0. The van der Waals surface area contributed by atoms with Crippen molar-refractivity contribution in [2.24, 2.45) is 17.8 Å². The van der Waals surface area contributed by atoms with Crippen LogP contribution in [0.2, 0.25) is 0 Å². The average Bonchev–Trinajstić information content (AvgIpc) is 3.23. The zero-order valence-corrected chi connectivity index (χ0v) is 15.5. The molecule has 1 amide bonds. The largest absolute Gasteiger partial charge is 0.454 e. The maximum Gasteiger partial charge on any atom is 0.231 e. The number of amides is 1. The van der Waals surface area contributed by atoms with Gasteiger partial charge < -0.3 is 14.4 Å². The molecule has 5 rings (SSSR count). The third kappa shape index (κ3) is 2.97. The molecule has 1 heterocycles. The zero-order chi connectivity index (χ0) is 17.5. The predicted octanol–water partition coefficient (Wildman–Crippen LogP) is 4.51. The van der Waals surface area contributed by atoms with Crippen molar-refractivity contribution >= 4 is 5.91 Å². The molecule has 3 saturated carbocycles. The molecule has 1 aromatic carbocycles. The molecule has 4 nitrogen and oxygen atoms in total. The topological polar surface area (TPSA) is 38.8 Å². The first kappa shape index (κ1) is 16.5. The van der Waals surface area contributed by atoms with Gasteiger partial charge in [-0.05, 0) is 55.2 Å². The number of fused-ring (bicyclic) bond motifs is 2. The monoisotopic (exact) mass is 355 g/mol. The van der Waals surface area contributed by atoms with Gasteiger partial charge in [0.2, 0.25) is 12.7 Å². The second-order valence-corrected chi connectivity index (χ2v) is 8.58. The van der Waals surface area contributed by atoms with Gasteiger partial charge in [-0.2, -0.15) is 0 Å². The van der Waals surface area contributed by atoms with Crippen molar-refractivity contribution in [3.05, 3.63) is 23.8 Å². The van der Waals surface area contributed by atoms with E-state index < -0.39 is 0 Å². The summed E-state index contributed by atoms with van der Waals surface area (Å²) in [5.41, 5.74) is 1.16. The number of carbonyl (C=O) groups excluding carboxylic acids is 1. The van der Waals surface area contributed by atoms with E-state index in [1.54, 1.807) is 0 Å². The molecule has 4 aliphatic rings. The third-order valence-corrected chi connectivity index (χ3v) is 7.03. The van der Waals surface area contributed by atoms with Gasteiger partial charge in [0.25, 0.3) is 0 Å². The summed E-state index contributed by atoms with van der Waals surface area (Å²) in [7, 11) is 0. The van der Waals surface area contributed by atoms with E-state index in [4.69, 9.17) is 9.47 Å². The fourth-order valence-corrected chi connectivity index (χ4v) is 5.57. The molecular weight excluding hydrogens is 326 g/mol. The average molecular weight is 355 g/mol. The maximum atomic E-state index is 13.5. The lowest BCUT2D eigenvalue weighted by atomic mass is 9.93. The molecule has 0 radical (unpaired) electrons. The molecule has 0 aromatic heterocycles. The van der Waals surface area contributed by atoms with Gasteiger partial charge >= 0.3 is 0 Å². The number of ether oxygens (including phenoxy) is 2. The summed E-state index contributed by atoms with van der Waals surface area (Å²) in [4.78, 5) is 15.7. The first-order valence-electron chi connectivity index (χ1n) is 10.5. The second-order valence-electron chi connectivity index (χ2n) is 8.58. The van der Waals surface area contributed by atoms with Gasteiger partial charge in [-0.1, -0.05) is 38.2 Å². The minimum absolute atomic E-state index is 0.301. The van der Waals surface area contributed by atoms with Crippen LogP contribution >= 0.6 is 0 Å². The minimum atomic E-state index is 0.301. The summed E-state index contributed by atoms with van der Waals surface area (Å²) in [6.45, 7) is 1.02. The standard InChI is InChI=1S/C22H29NO3/c24-22(21-17-8-4-5-9-18(17)21)23(16-6-2-1-3-7-16)13-15-10-11-19-20(12-15)26-14-25-19/h10-12,16-18,21H,1-9,13-14H2. The van der Waals surface area contributed by atoms with Crippen LogP contribution in [0.5, 0.6) is 11.5 Å². The summed E-state index contributed by atoms with van der Waals surface area (Å²) in [5, 5.41) is 0. The normalized spacial score (nSPS) is 29.9. The molecule has 0 N–H and O–H groups in total. The van der Waals surface area contributed by atoms with E-state index >= 15 is 0 Å². The first-order valence-corrected chi connectivity index (χ1v) is 10.5. The van der Waals surface area contributed by atoms with E-state index in [2.05, 4.69) is 17.0 Å². The third-order valence-electron chi connectivity index (χ3n) is 7.03. The highest BCUT2D eigenvalue weighted by Crippen LogP contribution is 2.56. The quantitative estimate of drug-likeness (QED) is 0.797. The molecule has 2 atom stereocenters. The van der Waals surface area contributed by atoms with E-state index in [1.165, 1.54) is 57.8 Å². The van der Waals surface area contributed by atoms with Crippen molar-refractivity contribution in [1.29, 1.82) is 0 Å². The van der Waals surface area contributed by atoms with Crippen LogP contribution in [0, 0.1) is 17.8 Å². The Balaban J connectivity index is 1.36. The van der Waals surface area contributed by atoms with E-state index in [0.717, 1.165) is 23.6 Å². The minimum Gasteiger partial charge on any atom is -0.454 e. The van der Waals surface area contributed by atoms with Crippen LogP contribution in [0.3, 0.4) is 0 Å². The Morgan fingerprint density at radius 3 is 2.38 bits per heavy atom. The first-order chi connectivity index (χ1) is 12.8. The molecule has 140 valence electrons. The maximum absolute atomic E-state index is 13.5. The highest BCUT2D eigenvalue weighted by atomic mass is 16.7. The Labute approximate surface area is 155 Å². The molecule has 4 heteroatoms. The van der Waals surface area contributed by atoms with Crippen LogP contribution < -0.4 is 9.47 Å². The summed E-state index contributed by atoms with van der Waals surface area (Å²) >= 11 is 0. The van der Waals surface area contributed by atoms with Gasteiger partial charge in [-0.15, -0.1) is 0 Å². The van der Waals surface area contributed by atoms with Crippen LogP contribution in [-0.4, -0.2) is 23.6 Å². The van der Waals surface area contributed by atoms with Gasteiger partial charge in [0.05, 0.1) is 0 Å². The Hall–Kier alpha value is -1.71.